The lowest BCUT2D eigenvalue weighted by Crippen LogP contribution is -2.32. The van der Waals surface area contributed by atoms with E-state index in [0.29, 0.717) is 6.42 Å². The van der Waals surface area contributed by atoms with Gasteiger partial charge in [0.2, 0.25) is 0 Å². The van der Waals surface area contributed by atoms with Crippen molar-refractivity contribution >= 4 is 13.8 Å². The molecule has 0 radical (unpaired) electrons. The van der Waals surface area contributed by atoms with Crippen LogP contribution in [0.4, 0.5) is 0 Å². The zero-order valence-corrected chi connectivity index (χ0v) is 21.7. The second-order valence-electron chi connectivity index (χ2n) is 9.48. The molecule has 1 rings (SSSR count). The van der Waals surface area contributed by atoms with Crippen molar-refractivity contribution in [3.05, 3.63) is 11.5 Å². The molecule has 1 aliphatic heterocycles. The maximum atomic E-state index is 11.9. The van der Waals surface area contributed by atoms with Gasteiger partial charge < -0.3 is 24.2 Å². The summed E-state index contributed by atoms with van der Waals surface area (Å²) in [6.07, 6.45) is 14.1. The molecule has 0 bridgehead atoms. The van der Waals surface area contributed by atoms with Crippen LogP contribution in [0.1, 0.15) is 104 Å². The lowest BCUT2D eigenvalue weighted by atomic mass is 10.0. The molecule has 2 atom stereocenters. The Morgan fingerprint density at radius 1 is 0.882 bits per heavy atom. The minimum atomic E-state index is -5.02. The SMILES string of the molecule is CC(C)CCCCCCCCCCCCCCCOC1=C(OP(=O)(O)O)C(=O)O[C@@H]1[C@@H](O)CO. The lowest BCUT2D eigenvalue weighted by molar-refractivity contribution is -0.148. The molecule has 0 aromatic rings. The van der Waals surface area contributed by atoms with Crippen LogP contribution in [0.15, 0.2) is 11.5 Å². The van der Waals surface area contributed by atoms with E-state index in [1.165, 1.54) is 64.2 Å². The summed E-state index contributed by atoms with van der Waals surface area (Å²) in [5.74, 6) is -1.39. The van der Waals surface area contributed by atoms with Crippen molar-refractivity contribution < 1.29 is 43.4 Å². The van der Waals surface area contributed by atoms with E-state index in [1.807, 2.05) is 0 Å². The second kappa shape index (κ2) is 17.3. The highest BCUT2D eigenvalue weighted by molar-refractivity contribution is 7.46. The third kappa shape index (κ3) is 13.7. The Kier molecular flexibility index (Phi) is 15.8. The predicted octanol–water partition coefficient (Wildman–Crippen LogP) is 4.72. The van der Waals surface area contributed by atoms with Crippen LogP contribution >= 0.6 is 7.82 Å². The lowest BCUT2D eigenvalue weighted by Gasteiger charge is -2.18. The number of rotatable bonds is 21. The van der Waals surface area contributed by atoms with E-state index in [9.17, 15) is 14.5 Å². The fourth-order valence-corrected chi connectivity index (χ4v) is 4.33. The number of esters is 1. The van der Waals surface area contributed by atoms with E-state index in [-0.39, 0.29) is 12.4 Å². The predicted molar refractivity (Wildman–Crippen MR) is 129 cm³/mol. The van der Waals surface area contributed by atoms with Crippen LogP contribution in [0.25, 0.3) is 0 Å². The standard InChI is InChI=1S/C24H45O9P/c1-19(2)16-14-12-10-8-6-4-3-5-7-9-11-13-15-17-31-22-21(20(26)18-25)32-24(27)23(22)33-34(28,29)30/h19-21,25-26H,3-18H2,1-2H3,(H2,28,29,30)/t20-,21+/m0/s1. The summed E-state index contributed by atoms with van der Waals surface area (Å²) in [6.45, 7) is 4.02. The van der Waals surface area contributed by atoms with E-state index in [1.54, 1.807) is 0 Å². The third-order valence-electron chi connectivity index (χ3n) is 5.83. The van der Waals surface area contributed by atoms with Gasteiger partial charge in [-0.15, -0.1) is 0 Å². The number of phosphoric ester groups is 1. The molecule has 0 fully saturated rings. The van der Waals surface area contributed by atoms with Crippen molar-refractivity contribution in [2.24, 2.45) is 5.92 Å². The van der Waals surface area contributed by atoms with E-state index in [4.69, 9.17) is 24.4 Å². The van der Waals surface area contributed by atoms with Crippen molar-refractivity contribution in [3.8, 4) is 0 Å². The molecule has 0 aliphatic carbocycles. The Morgan fingerprint density at radius 3 is 1.79 bits per heavy atom. The molecule has 4 N–H and O–H groups in total. The summed E-state index contributed by atoms with van der Waals surface area (Å²) in [5, 5.41) is 18.9. The van der Waals surface area contributed by atoms with Crippen molar-refractivity contribution in [3.63, 3.8) is 0 Å². The number of cyclic esters (lactones) is 1. The first kappa shape index (κ1) is 30.9. The summed E-state index contributed by atoms with van der Waals surface area (Å²) in [5.41, 5.74) is 0. The van der Waals surface area contributed by atoms with Gasteiger partial charge in [-0.25, -0.2) is 9.36 Å². The van der Waals surface area contributed by atoms with Crippen LogP contribution in [-0.4, -0.2) is 51.4 Å². The van der Waals surface area contributed by atoms with Gasteiger partial charge in [0.15, 0.2) is 11.9 Å². The highest BCUT2D eigenvalue weighted by Crippen LogP contribution is 2.42. The van der Waals surface area contributed by atoms with Gasteiger partial charge >= 0.3 is 13.8 Å². The minimum absolute atomic E-state index is 0.172. The number of carbonyl (C=O) groups is 1. The fourth-order valence-electron chi connectivity index (χ4n) is 3.93. The number of aliphatic hydroxyl groups excluding tert-OH is 2. The van der Waals surface area contributed by atoms with Crippen LogP contribution in [0, 0.1) is 5.92 Å². The van der Waals surface area contributed by atoms with Crippen molar-refractivity contribution in [1.82, 2.24) is 0 Å². The van der Waals surface area contributed by atoms with Gasteiger partial charge in [0.1, 0.15) is 6.10 Å². The molecular weight excluding hydrogens is 463 g/mol. The van der Waals surface area contributed by atoms with E-state index in [0.717, 1.165) is 25.2 Å². The van der Waals surface area contributed by atoms with Gasteiger partial charge in [0, 0.05) is 0 Å². The monoisotopic (exact) mass is 508 g/mol. The summed E-state index contributed by atoms with van der Waals surface area (Å²) < 4.78 is 25.8. The Balaban J connectivity index is 2.14. The van der Waals surface area contributed by atoms with Gasteiger partial charge in [-0.1, -0.05) is 97.3 Å². The summed E-state index contributed by atoms with van der Waals surface area (Å²) >= 11 is 0. The molecule has 0 spiro atoms. The average Bonchev–Trinajstić information content (AvgIpc) is 3.06. The van der Waals surface area contributed by atoms with E-state index < -0.39 is 38.4 Å². The molecule has 0 unspecified atom stereocenters. The van der Waals surface area contributed by atoms with Crippen molar-refractivity contribution in [2.75, 3.05) is 13.2 Å². The van der Waals surface area contributed by atoms with Crippen LogP contribution in [0.2, 0.25) is 0 Å². The number of hydrogen-bond acceptors (Lipinski definition) is 7. The Labute approximate surface area is 204 Å². The van der Waals surface area contributed by atoms with Crippen LogP contribution < -0.4 is 0 Å². The van der Waals surface area contributed by atoms with Crippen LogP contribution in [0.5, 0.6) is 0 Å². The molecule has 1 aliphatic rings. The highest BCUT2D eigenvalue weighted by atomic mass is 31.2. The summed E-state index contributed by atoms with van der Waals surface area (Å²) in [4.78, 5) is 29.8. The first-order chi connectivity index (χ1) is 16.2. The highest BCUT2D eigenvalue weighted by Gasteiger charge is 2.44. The van der Waals surface area contributed by atoms with Gasteiger partial charge in [0.05, 0.1) is 13.2 Å². The van der Waals surface area contributed by atoms with Gasteiger partial charge in [-0.3, -0.25) is 9.79 Å². The Hall–Kier alpha value is -1.12. The summed E-state index contributed by atoms with van der Waals surface area (Å²) in [6, 6.07) is 0. The van der Waals surface area contributed by atoms with E-state index in [2.05, 4.69) is 18.4 Å². The Bertz CT molecular complexity index is 644. The number of ether oxygens (including phenoxy) is 2. The quantitative estimate of drug-likeness (QED) is 0.0983. The second-order valence-corrected chi connectivity index (χ2v) is 10.6. The fraction of sp³-hybridized carbons (Fsp3) is 0.875. The summed E-state index contributed by atoms with van der Waals surface area (Å²) in [7, 11) is -5.02. The molecule has 34 heavy (non-hydrogen) atoms. The third-order valence-corrected chi connectivity index (χ3v) is 6.25. The number of aliphatic hydroxyl groups is 2. The zero-order valence-electron chi connectivity index (χ0n) is 20.8. The van der Waals surface area contributed by atoms with Crippen LogP contribution in [-0.2, 0) is 23.4 Å². The van der Waals surface area contributed by atoms with Crippen LogP contribution in [0.3, 0.4) is 0 Å². The van der Waals surface area contributed by atoms with Crippen molar-refractivity contribution in [2.45, 2.75) is 116 Å². The molecule has 0 saturated carbocycles. The maximum Gasteiger partial charge on any atom is 0.525 e. The van der Waals surface area contributed by atoms with Crippen molar-refractivity contribution in [1.29, 1.82) is 0 Å². The zero-order chi connectivity index (χ0) is 25.4. The molecule has 0 saturated heterocycles. The largest absolute Gasteiger partial charge is 0.525 e. The minimum Gasteiger partial charge on any atom is -0.490 e. The number of phosphoric acid groups is 1. The number of hydrogen-bond donors (Lipinski definition) is 4. The van der Waals surface area contributed by atoms with Gasteiger partial charge in [-0.2, -0.15) is 0 Å². The number of unbranched alkanes of at least 4 members (excludes halogenated alkanes) is 12. The van der Waals surface area contributed by atoms with E-state index >= 15 is 0 Å². The Morgan fingerprint density at radius 2 is 1.35 bits per heavy atom. The number of carbonyl (C=O) groups excluding carboxylic acids is 1. The molecule has 9 nitrogen and oxygen atoms in total. The first-order valence-electron chi connectivity index (χ1n) is 12.8. The molecule has 200 valence electrons. The topological polar surface area (TPSA) is 143 Å². The average molecular weight is 509 g/mol. The molecular formula is C24H45O9P. The normalized spacial score (nSPS) is 17.4. The first-order valence-corrected chi connectivity index (χ1v) is 14.3. The molecule has 0 aromatic carbocycles. The molecule has 0 aromatic heterocycles. The van der Waals surface area contributed by atoms with Gasteiger partial charge in [0.25, 0.3) is 5.76 Å². The molecule has 1 heterocycles. The van der Waals surface area contributed by atoms with Gasteiger partial charge in [-0.05, 0) is 12.3 Å². The molecule has 10 heteroatoms. The smallest absolute Gasteiger partial charge is 0.490 e. The maximum absolute atomic E-state index is 11.9. The molecule has 0 amide bonds.